The summed E-state index contributed by atoms with van der Waals surface area (Å²) in [6.45, 7) is 0.730. The van der Waals surface area contributed by atoms with Crippen molar-refractivity contribution in [1.82, 2.24) is 20.0 Å². The summed E-state index contributed by atoms with van der Waals surface area (Å²) >= 11 is 9.92. The van der Waals surface area contributed by atoms with E-state index in [1.165, 1.54) is 0 Å². The molecular formula is C13H13BrClN5O. The third-order valence-corrected chi connectivity index (χ3v) is 5.74. The molecule has 0 bridgehead atoms. The lowest BCUT2D eigenvalue weighted by atomic mass is 9.81. The van der Waals surface area contributed by atoms with Crippen molar-refractivity contribution in [3.63, 3.8) is 0 Å². The molecule has 2 N–H and O–H groups in total. The standard InChI is InChI=1S/C13H13BrClN5O/c14-7-5-16-12-10(11(7)15)13(6-17-12)3-8(9(21)4-13)20-2-1-18-19-20/h1-2,5,8-9,21H,3-4,6H2,(H,16,17)/t8-,9-,13-/m0/s1. The van der Waals surface area contributed by atoms with E-state index in [0.29, 0.717) is 11.4 Å². The summed E-state index contributed by atoms with van der Waals surface area (Å²) in [5.74, 6) is 0.814. The molecule has 3 atom stereocenters. The van der Waals surface area contributed by atoms with Gasteiger partial charge < -0.3 is 10.4 Å². The number of nitrogens with one attached hydrogen (secondary N) is 1. The molecular weight excluding hydrogens is 358 g/mol. The lowest BCUT2D eigenvalue weighted by Gasteiger charge is -2.24. The molecule has 0 radical (unpaired) electrons. The molecule has 0 saturated heterocycles. The van der Waals surface area contributed by atoms with E-state index < -0.39 is 6.10 Å². The average Bonchev–Trinajstić information content (AvgIpc) is 3.15. The molecule has 4 rings (SSSR count). The summed E-state index contributed by atoms with van der Waals surface area (Å²) in [6.07, 6.45) is 6.04. The van der Waals surface area contributed by atoms with Gasteiger partial charge in [0, 0.05) is 29.9 Å². The zero-order valence-corrected chi connectivity index (χ0v) is 13.3. The van der Waals surface area contributed by atoms with Gasteiger partial charge in [-0.3, -0.25) is 0 Å². The minimum atomic E-state index is -0.477. The number of halogens is 2. The van der Waals surface area contributed by atoms with E-state index >= 15 is 0 Å². The molecule has 1 fully saturated rings. The molecule has 0 amide bonds. The van der Waals surface area contributed by atoms with E-state index in [0.717, 1.165) is 28.8 Å². The number of pyridine rings is 1. The van der Waals surface area contributed by atoms with Gasteiger partial charge >= 0.3 is 0 Å². The SMILES string of the molecule is O[C@H]1C[C@]2(CNc3ncc(Br)c(Cl)c32)C[C@@H]1n1ccnn1. The maximum Gasteiger partial charge on any atom is 0.131 e. The first-order valence-electron chi connectivity index (χ1n) is 6.73. The Kier molecular flexibility index (Phi) is 2.99. The normalized spacial score (nSPS) is 30.6. The van der Waals surface area contributed by atoms with Crippen LogP contribution in [-0.4, -0.2) is 37.7 Å². The highest BCUT2D eigenvalue weighted by atomic mass is 79.9. The molecule has 1 saturated carbocycles. The van der Waals surface area contributed by atoms with Crippen LogP contribution in [-0.2, 0) is 5.41 Å². The van der Waals surface area contributed by atoms with Crippen molar-refractivity contribution >= 4 is 33.3 Å². The summed E-state index contributed by atoms with van der Waals surface area (Å²) in [5, 5.41) is 22.3. The number of rotatable bonds is 1. The predicted octanol–water partition coefficient (Wildman–Crippen LogP) is 2.15. The van der Waals surface area contributed by atoms with Gasteiger partial charge in [-0.05, 0) is 28.8 Å². The number of hydrogen-bond donors (Lipinski definition) is 2. The first-order valence-corrected chi connectivity index (χ1v) is 7.90. The number of nitrogens with zero attached hydrogens (tertiary/aromatic N) is 4. The molecule has 6 nitrogen and oxygen atoms in total. The summed E-state index contributed by atoms with van der Waals surface area (Å²) in [5.41, 5.74) is 0.791. The maximum atomic E-state index is 10.5. The highest BCUT2D eigenvalue weighted by Gasteiger charge is 2.52. The van der Waals surface area contributed by atoms with E-state index in [1.54, 1.807) is 23.3 Å². The molecule has 2 aromatic rings. The summed E-state index contributed by atoms with van der Waals surface area (Å²) in [6, 6.07) is -0.0877. The van der Waals surface area contributed by atoms with Gasteiger partial charge in [0.15, 0.2) is 0 Å². The number of aliphatic hydroxyl groups excluding tert-OH is 1. The Hall–Kier alpha value is -1.18. The van der Waals surface area contributed by atoms with E-state index in [9.17, 15) is 5.11 Å². The largest absolute Gasteiger partial charge is 0.391 e. The Morgan fingerprint density at radius 2 is 2.33 bits per heavy atom. The molecule has 21 heavy (non-hydrogen) atoms. The second-order valence-electron chi connectivity index (χ2n) is 5.70. The van der Waals surface area contributed by atoms with Gasteiger partial charge in [-0.15, -0.1) is 5.10 Å². The van der Waals surface area contributed by atoms with Crippen LogP contribution in [0, 0.1) is 0 Å². The topological polar surface area (TPSA) is 75.9 Å². The first-order chi connectivity index (χ1) is 10.1. The van der Waals surface area contributed by atoms with Gasteiger partial charge in [-0.1, -0.05) is 16.8 Å². The zero-order chi connectivity index (χ0) is 14.6. The molecule has 1 aliphatic carbocycles. The molecule has 1 spiro atoms. The van der Waals surface area contributed by atoms with Crippen molar-refractivity contribution < 1.29 is 5.11 Å². The predicted molar refractivity (Wildman–Crippen MR) is 81.4 cm³/mol. The molecule has 8 heteroatoms. The van der Waals surface area contributed by atoms with Gasteiger partial charge in [-0.25, -0.2) is 9.67 Å². The fourth-order valence-electron chi connectivity index (χ4n) is 3.59. The van der Waals surface area contributed by atoms with Crippen molar-refractivity contribution in [1.29, 1.82) is 0 Å². The van der Waals surface area contributed by atoms with Crippen LogP contribution in [0.4, 0.5) is 5.82 Å². The highest BCUT2D eigenvalue weighted by Crippen LogP contribution is 2.54. The van der Waals surface area contributed by atoms with E-state index in [2.05, 4.69) is 36.5 Å². The number of anilines is 1. The van der Waals surface area contributed by atoms with Crippen molar-refractivity contribution in [3.8, 4) is 0 Å². The number of hydrogen-bond acceptors (Lipinski definition) is 5. The molecule has 0 aromatic carbocycles. The monoisotopic (exact) mass is 369 g/mol. The lowest BCUT2D eigenvalue weighted by Crippen LogP contribution is -2.26. The number of aromatic nitrogens is 4. The van der Waals surface area contributed by atoms with Gasteiger partial charge in [0.2, 0.25) is 0 Å². The molecule has 0 unspecified atom stereocenters. The Labute approximate surface area is 134 Å². The van der Waals surface area contributed by atoms with Crippen LogP contribution in [0.15, 0.2) is 23.1 Å². The van der Waals surface area contributed by atoms with E-state index in [4.69, 9.17) is 11.6 Å². The van der Waals surface area contributed by atoms with Crippen LogP contribution >= 0.6 is 27.5 Å². The van der Waals surface area contributed by atoms with Gasteiger partial charge in [-0.2, -0.15) is 0 Å². The van der Waals surface area contributed by atoms with Crippen LogP contribution in [0.2, 0.25) is 5.02 Å². The van der Waals surface area contributed by atoms with E-state index in [-0.39, 0.29) is 11.5 Å². The van der Waals surface area contributed by atoms with Crippen LogP contribution in [0.25, 0.3) is 0 Å². The van der Waals surface area contributed by atoms with Crippen LogP contribution in [0.3, 0.4) is 0 Å². The second kappa shape index (κ2) is 4.66. The fraction of sp³-hybridized carbons (Fsp3) is 0.462. The van der Waals surface area contributed by atoms with Gasteiger partial charge in [0.05, 0.1) is 27.8 Å². The Morgan fingerprint density at radius 1 is 1.48 bits per heavy atom. The third-order valence-electron chi connectivity index (χ3n) is 4.52. The smallest absolute Gasteiger partial charge is 0.131 e. The summed E-state index contributed by atoms with van der Waals surface area (Å²) in [7, 11) is 0. The van der Waals surface area contributed by atoms with Crippen molar-refractivity contribution in [2.75, 3.05) is 11.9 Å². The van der Waals surface area contributed by atoms with Crippen molar-refractivity contribution in [2.24, 2.45) is 0 Å². The minimum Gasteiger partial charge on any atom is -0.391 e. The fourth-order valence-corrected chi connectivity index (χ4v) is 4.23. The van der Waals surface area contributed by atoms with Crippen LogP contribution in [0.1, 0.15) is 24.4 Å². The zero-order valence-electron chi connectivity index (χ0n) is 11.0. The van der Waals surface area contributed by atoms with Crippen molar-refractivity contribution in [3.05, 3.63) is 33.6 Å². The average molecular weight is 371 g/mol. The Bertz CT molecular complexity index is 694. The molecule has 110 valence electrons. The Morgan fingerprint density at radius 3 is 3.10 bits per heavy atom. The summed E-state index contributed by atoms with van der Waals surface area (Å²) in [4.78, 5) is 4.39. The molecule has 3 heterocycles. The van der Waals surface area contributed by atoms with Gasteiger partial charge in [0.25, 0.3) is 0 Å². The van der Waals surface area contributed by atoms with Crippen LogP contribution < -0.4 is 5.32 Å². The number of aliphatic hydroxyl groups is 1. The van der Waals surface area contributed by atoms with Gasteiger partial charge in [0.1, 0.15) is 5.82 Å². The number of fused-ring (bicyclic) bond motifs is 2. The quantitative estimate of drug-likeness (QED) is 0.804. The summed E-state index contributed by atoms with van der Waals surface area (Å²) < 4.78 is 2.51. The molecule has 2 aromatic heterocycles. The maximum absolute atomic E-state index is 10.5. The van der Waals surface area contributed by atoms with Crippen molar-refractivity contribution in [2.45, 2.75) is 30.4 Å². The Balaban J connectivity index is 1.78. The lowest BCUT2D eigenvalue weighted by molar-refractivity contribution is 0.127. The highest BCUT2D eigenvalue weighted by molar-refractivity contribution is 9.10. The first kappa shape index (κ1) is 13.5. The molecule has 2 aliphatic rings. The molecule has 1 aliphatic heterocycles. The third kappa shape index (κ3) is 1.91. The second-order valence-corrected chi connectivity index (χ2v) is 6.94. The van der Waals surface area contributed by atoms with E-state index in [1.807, 2.05) is 0 Å². The minimum absolute atomic E-state index is 0.0877. The van der Waals surface area contributed by atoms with Crippen LogP contribution in [0.5, 0.6) is 0 Å².